The van der Waals surface area contributed by atoms with Gasteiger partial charge in [0.05, 0.1) is 10.6 Å². The van der Waals surface area contributed by atoms with Gasteiger partial charge in [-0.3, -0.25) is 0 Å². The molecule has 2 rings (SSSR count). The van der Waals surface area contributed by atoms with E-state index in [4.69, 9.17) is 5.73 Å². The zero-order valence-corrected chi connectivity index (χ0v) is 11.9. The lowest BCUT2D eigenvalue weighted by Crippen LogP contribution is -2.20. The fraction of sp³-hybridized carbons (Fsp3) is 0.571. The van der Waals surface area contributed by atoms with E-state index < -0.39 is 9.84 Å². The predicted molar refractivity (Wildman–Crippen MR) is 73.3 cm³/mol. The molecule has 0 aliphatic heterocycles. The Morgan fingerprint density at radius 2 is 1.89 bits per heavy atom. The zero-order valence-electron chi connectivity index (χ0n) is 11.1. The summed E-state index contributed by atoms with van der Waals surface area (Å²) in [7, 11) is -3.17. The van der Waals surface area contributed by atoms with E-state index in [0.717, 1.165) is 30.4 Å². The van der Waals surface area contributed by atoms with Gasteiger partial charge in [0.1, 0.15) is 0 Å². The average Bonchev–Trinajstić information content (AvgIpc) is 3.01. The molecule has 1 aliphatic carbocycles. The highest BCUT2D eigenvalue weighted by Crippen LogP contribution is 2.50. The van der Waals surface area contributed by atoms with Crippen molar-refractivity contribution in [2.24, 2.45) is 11.1 Å². The molecule has 0 aromatic heterocycles. The van der Waals surface area contributed by atoms with Gasteiger partial charge in [-0.1, -0.05) is 6.07 Å². The van der Waals surface area contributed by atoms with Crippen molar-refractivity contribution in [3.63, 3.8) is 0 Å². The van der Waals surface area contributed by atoms with Crippen LogP contribution in [0, 0.1) is 19.3 Å². The quantitative estimate of drug-likeness (QED) is 0.889. The Bertz CT molecular complexity index is 545. The number of nitrogens with two attached hydrogens (primary N) is 1. The summed E-state index contributed by atoms with van der Waals surface area (Å²) in [6.07, 6.45) is 2.81. The molecule has 1 aromatic rings. The second-order valence-electron chi connectivity index (χ2n) is 5.54. The van der Waals surface area contributed by atoms with E-state index in [-0.39, 0.29) is 11.2 Å². The van der Waals surface area contributed by atoms with E-state index in [9.17, 15) is 8.42 Å². The van der Waals surface area contributed by atoms with Gasteiger partial charge in [-0.2, -0.15) is 0 Å². The van der Waals surface area contributed by atoms with Gasteiger partial charge in [0, 0.05) is 0 Å². The van der Waals surface area contributed by atoms with Crippen molar-refractivity contribution in [2.75, 3.05) is 12.3 Å². The molecule has 18 heavy (non-hydrogen) atoms. The number of rotatable bonds is 5. The summed E-state index contributed by atoms with van der Waals surface area (Å²) < 4.78 is 24.8. The molecule has 1 fully saturated rings. The Morgan fingerprint density at radius 1 is 1.22 bits per heavy atom. The predicted octanol–water partition coefficient (Wildman–Crippen LogP) is 2.21. The Morgan fingerprint density at radius 3 is 2.39 bits per heavy atom. The topological polar surface area (TPSA) is 60.2 Å². The maximum atomic E-state index is 12.4. The molecular weight excluding hydrogens is 246 g/mol. The standard InChI is InChI=1S/C14H21NO2S/c1-11-3-4-13(9-12(11)2)18(16,17)10-14(5-6-14)7-8-15/h3-4,9H,5-8,10,15H2,1-2H3. The fourth-order valence-electron chi connectivity index (χ4n) is 2.34. The maximum absolute atomic E-state index is 12.4. The highest BCUT2D eigenvalue weighted by Gasteiger charge is 2.45. The number of sulfone groups is 1. The zero-order chi connectivity index (χ0) is 13.4. The summed E-state index contributed by atoms with van der Waals surface area (Å²) in [5.74, 6) is 0.250. The van der Waals surface area contributed by atoms with Crippen LogP contribution in [0.15, 0.2) is 23.1 Å². The highest BCUT2D eigenvalue weighted by atomic mass is 32.2. The van der Waals surface area contributed by atoms with Crippen LogP contribution in [0.5, 0.6) is 0 Å². The Balaban J connectivity index is 2.23. The minimum absolute atomic E-state index is 0.0353. The lowest BCUT2D eigenvalue weighted by molar-refractivity contribution is 0.510. The van der Waals surface area contributed by atoms with Gasteiger partial charge in [0.15, 0.2) is 9.84 Å². The normalized spacial score (nSPS) is 17.7. The van der Waals surface area contributed by atoms with E-state index in [1.807, 2.05) is 19.9 Å². The lowest BCUT2D eigenvalue weighted by Gasteiger charge is -2.14. The molecule has 1 saturated carbocycles. The highest BCUT2D eigenvalue weighted by molar-refractivity contribution is 7.91. The summed E-state index contributed by atoms with van der Waals surface area (Å²) in [5.41, 5.74) is 7.68. The minimum atomic E-state index is -3.17. The van der Waals surface area contributed by atoms with E-state index in [0.29, 0.717) is 11.4 Å². The van der Waals surface area contributed by atoms with Crippen molar-refractivity contribution < 1.29 is 8.42 Å². The van der Waals surface area contributed by atoms with Gasteiger partial charge < -0.3 is 5.73 Å². The van der Waals surface area contributed by atoms with Crippen molar-refractivity contribution in [1.82, 2.24) is 0 Å². The van der Waals surface area contributed by atoms with Crippen molar-refractivity contribution in [1.29, 1.82) is 0 Å². The summed E-state index contributed by atoms with van der Waals surface area (Å²) in [5, 5.41) is 0. The number of benzene rings is 1. The van der Waals surface area contributed by atoms with Crippen molar-refractivity contribution in [2.45, 2.75) is 38.0 Å². The molecule has 3 nitrogen and oxygen atoms in total. The largest absolute Gasteiger partial charge is 0.330 e. The van der Waals surface area contributed by atoms with E-state index in [1.54, 1.807) is 12.1 Å². The molecule has 100 valence electrons. The molecule has 0 unspecified atom stereocenters. The third-order valence-electron chi connectivity index (χ3n) is 3.97. The molecule has 0 heterocycles. The first-order chi connectivity index (χ1) is 8.38. The molecule has 2 N–H and O–H groups in total. The SMILES string of the molecule is Cc1ccc(S(=O)(=O)CC2(CCN)CC2)cc1C. The summed E-state index contributed by atoms with van der Waals surface area (Å²) in [6.45, 7) is 4.51. The first kappa shape index (κ1) is 13.6. The molecule has 0 bridgehead atoms. The maximum Gasteiger partial charge on any atom is 0.178 e. The second-order valence-corrected chi connectivity index (χ2v) is 7.53. The summed E-state index contributed by atoms with van der Waals surface area (Å²) >= 11 is 0. The van der Waals surface area contributed by atoms with E-state index >= 15 is 0 Å². The molecule has 0 atom stereocenters. The molecule has 1 aliphatic rings. The molecule has 0 radical (unpaired) electrons. The van der Waals surface area contributed by atoms with Crippen LogP contribution in [0.1, 0.15) is 30.4 Å². The lowest BCUT2D eigenvalue weighted by atomic mass is 10.1. The fourth-order valence-corrected chi connectivity index (χ4v) is 4.38. The smallest absolute Gasteiger partial charge is 0.178 e. The van der Waals surface area contributed by atoms with Crippen LogP contribution < -0.4 is 5.73 Å². The Hall–Kier alpha value is -0.870. The first-order valence-electron chi connectivity index (χ1n) is 6.39. The number of hydrogen-bond acceptors (Lipinski definition) is 3. The number of aryl methyl sites for hydroxylation is 2. The van der Waals surface area contributed by atoms with Crippen molar-refractivity contribution in [3.05, 3.63) is 29.3 Å². The molecule has 0 amide bonds. The van der Waals surface area contributed by atoms with Crippen molar-refractivity contribution in [3.8, 4) is 0 Å². The summed E-state index contributed by atoms with van der Waals surface area (Å²) in [4.78, 5) is 0.453. The number of hydrogen-bond donors (Lipinski definition) is 1. The van der Waals surface area contributed by atoms with Crippen LogP contribution in [-0.4, -0.2) is 20.7 Å². The summed E-state index contributed by atoms with van der Waals surface area (Å²) in [6, 6.07) is 5.38. The van der Waals surface area contributed by atoms with Crippen molar-refractivity contribution >= 4 is 9.84 Å². The third-order valence-corrected chi connectivity index (χ3v) is 5.93. The van der Waals surface area contributed by atoms with Crippen LogP contribution in [0.2, 0.25) is 0 Å². The second kappa shape index (κ2) is 4.67. The van der Waals surface area contributed by atoms with Gasteiger partial charge >= 0.3 is 0 Å². The average molecular weight is 267 g/mol. The molecule has 1 aromatic carbocycles. The molecule has 0 spiro atoms. The Kier molecular flexibility index (Phi) is 3.52. The molecular formula is C14H21NO2S. The monoisotopic (exact) mass is 267 g/mol. The van der Waals surface area contributed by atoms with Crippen LogP contribution in [0.25, 0.3) is 0 Å². The van der Waals surface area contributed by atoms with Crippen LogP contribution in [0.3, 0.4) is 0 Å². The minimum Gasteiger partial charge on any atom is -0.330 e. The van der Waals surface area contributed by atoms with E-state index in [1.165, 1.54) is 0 Å². The molecule has 0 saturated heterocycles. The Labute approximate surface area is 109 Å². The molecule has 4 heteroatoms. The van der Waals surface area contributed by atoms with Gasteiger partial charge in [0.2, 0.25) is 0 Å². The van der Waals surface area contributed by atoms with E-state index in [2.05, 4.69) is 0 Å². The van der Waals surface area contributed by atoms with Gasteiger partial charge in [-0.15, -0.1) is 0 Å². The van der Waals surface area contributed by atoms with Gasteiger partial charge in [-0.05, 0) is 68.3 Å². The van der Waals surface area contributed by atoms with Crippen LogP contribution >= 0.6 is 0 Å². The van der Waals surface area contributed by atoms with Crippen LogP contribution in [-0.2, 0) is 9.84 Å². The first-order valence-corrected chi connectivity index (χ1v) is 8.04. The van der Waals surface area contributed by atoms with Gasteiger partial charge in [0.25, 0.3) is 0 Å². The van der Waals surface area contributed by atoms with Crippen LogP contribution in [0.4, 0.5) is 0 Å². The van der Waals surface area contributed by atoms with Gasteiger partial charge in [-0.25, -0.2) is 8.42 Å². The third kappa shape index (κ3) is 2.75.